The van der Waals surface area contributed by atoms with Crippen molar-refractivity contribution in [3.8, 4) is 5.75 Å². The van der Waals surface area contributed by atoms with Gasteiger partial charge in [0, 0.05) is 13.1 Å². The molecular formula is C14H14BrCl2FN4O. The van der Waals surface area contributed by atoms with Gasteiger partial charge in [0.2, 0.25) is 5.28 Å². The van der Waals surface area contributed by atoms with Crippen molar-refractivity contribution in [2.24, 2.45) is 0 Å². The topological polar surface area (TPSA) is 41.5 Å². The van der Waals surface area contributed by atoms with Gasteiger partial charge >= 0.3 is 0 Å². The molecule has 0 radical (unpaired) electrons. The molecule has 0 saturated heterocycles. The van der Waals surface area contributed by atoms with Crippen molar-refractivity contribution in [2.75, 3.05) is 45.2 Å². The predicted molar refractivity (Wildman–Crippen MR) is 93.5 cm³/mol. The molecule has 0 spiro atoms. The van der Waals surface area contributed by atoms with E-state index in [1.165, 1.54) is 0 Å². The number of rotatable bonds is 3. The Kier molecular flexibility index (Phi) is 4.83. The van der Waals surface area contributed by atoms with Crippen LogP contribution in [0.4, 0.5) is 10.2 Å². The van der Waals surface area contributed by atoms with Crippen molar-refractivity contribution in [3.63, 3.8) is 0 Å². The van der Waals surface area contributed by atoms with Gasteiger partial charge in [-0.25, -0.2) is 9.37 Å². The molecular weight excluding hydrogens is 410 g/mol. The number of halogens is 4. The van der Waals surface area contributed by atoms with Crippen LogP contribution in [0.5, 0.6) is 5.75 Å². The van der Waals surface area contributed by atoms with Crippen molar-refractivity contribution >= 4 is 55.9 Å². The summed E-state index contributed by atoms with van der Waals surface area (Å²) in [6.45, 7) is 2.52. The Morgan fingerprint density at radius 2 is 2.09 bits per heavy atom. The maximum absolute atomic E-state index is 14.6. The zero-order valence-corrected chi connectivity index (χ0v) is 15.6. The molecule has 5 nitrogen and oxygen atoms in total. The minimum atomic E-state index is -0.572. The molecule has 0 aliphatic carbocycles. The van der Waals surface area contributed by atoms with Crippen LogP contribution in [0.3, 0.4) is 0 Å². The number of benzene rings is 1. The van der Waals surface area contributed by atoms with Crippen molar-refractivity contribution in [1.29, 1.82) is 0 Å². The van der Waals surface area contributed by atoms with Gasteiger partial charge in [-0.05, 0) is 41.6 Å². The third kappa shape index (κ3) is 3.07. The van der Waals surface area contributed by atoms with Gasteiger partial charge in [0.05, 0.1) is 16.4 Å². The lowest BCUT2D eigenvalue weighted by atomic mass is 10.2. The zero-order chi connectivity index (χ0) is 16.7. The van der Waals surface area contributed by atoms with Gasteiger partial charge in [0.25, 0.3) is 0 Å². The first-order valence-electron chi connectivity index (χ1n) is 6.96. The largest absolute Gasteiger partial charge is 0.489 e. The second-order valence-corrected chi connectivity index (χ2v) is 6.96. The van der Waals surface area contributed by atoms with Crippen LogP contribution in [0, 0.1) is 5.82 Å². The maximum atomic E-state index is 14.6. The highest BCUT2D eigenvalue weighted by molar-refractivity contribution is 9.10. The molecule has 1 aliphatic rings. The summed E-state index contributed by atoms with van der Waals surface area (Å²) in [6, 6.07) is 0. The van der Waals surface area contributed by atoms with Gasteiger partial charge in [0.15, 0.2) is 11.6 Å². The summed E-state index contributed by atoms with van der Waals surface area (Å²) in [5, 5.41) is 0.622. The first kappa shape index (κ1) is 17.0. The smallest absolute Gasteiger partial charge is 0.225 e. The van der Waals surface area contributed by atoms with Crippen LogP contribution in [0.1, 0.15) is 0 Å². The highest BCUT2D eigenvalue weighted by Gasteiger charge is 2.28. The maximum Gasteiger partial charge on any atom is 0.225 e. The minimum absolute atomic E-state index is 0.0108. The third-order valence-corrected chi connectivity index (χ3v) is 5.11. The number of likely N-dealkylation sites (N-methyl/N-ethyl adjacent to an activating group) is 1. The zero-order valence-electron chi connectivity index (χ0n) is 12.5. The van der Waals surface area contributed by atoms with E-state index in [1.54, 1.807) is 0 Å². The normalized spacial score (nSPS) is 14.3. The first-order valence-corrected chi connectivity index (χ1v) is 8.51. The molecule has 1 aliphatic heterocycles. The number of ether oxygens (including phenoxy) is 1. The summed E-state index contributed by atoms with van der Waals surface area (Å²) in [5.74, 6) is 0.356. The molecule has 0 saturated carbocycles. The molecule has 0 bridgehead atoms. The van der Waals surface area contributed by atoms with Crippen LogP contribution in [0.25, 0.3) is 10.9 Å². The summed E-state index contributed by atoms with van der Waals surface area (Å²) >= 11 is 15.4. The molecule has 1 aromatic carbocycles. The van der Waals surface area contributed by atoms with Crippen LogP contribution in [-0.4, -0.2) is 55.2 Å². The fraction of sp³-hybridized carbons (Fsp3) is 0.429. The average Bonchev–Trinajstić information content (AvgIpc) is 2.68. The molecule has 1 aromatic heterocycles. The van der Waals surface area contributed by atoms with E-state index in [0.29, 0.717) is 36.6 Å². The summed E-state index contributed by atoms with van der Waals surface area (Å²) in [4.78, 5) is 12.4. The summed E-state index contributed by atoms with van der Waals surface area (Å²) in [6.07, 6.45) is 0. The first-order chi connectivity index (χ1) is 10.9. The van der Waals surface area contributed by atoms with Gasteiger partial charge < -0.3 is 14.5 Å². The van der Waals surface area contributed by atoms with E-state index in [-0.39, 0.29) is 20.3 Å². The summed E-state index contributed by atoms with van der Waals surface area (Å²) in [5.41, 5.74) is 0.100. The average molecular weight is 424 g/mol. The van der Waals surface area contributed by atoms with Crippen LogP contribution < -0.4 is 9.64 Å². The van der Waals surface area contributed by atoms with Gasteiger partial charge in [-0.2, -0.15) is 4.98 Å². The Morgan fingerprint density at radius 3 is 2.78 bits per heavy atom. The van der Waals surface area contributed by atoms with Crippen LogP contribution in [0.15, 0.2) is 4.47 Å². The second-order valence-electron chi connectivity index (χ2n) is 5.45. The SMILES string of the molecule is CN(C)CCN1CCOc2c(Cl)c(Br)c(F)c3nc(Cl)nc1c23. The molecule has 0 atom stereocenters. The lowest BCUT2D eigenvalue weighted by molar-refractivity contribution is 0.327. The molecule has 0 fully saturated rings. The van der Waals surface area contributed by atoms with E-state index in [1.807, 2.05) is 19.0 Å². The van der Waals surface area contributed by atoms with E-state index >= 15 is 0 Å². The van der Waals surface area contributed by atoms with Crippen LogP contribution in [-0.2, 0) is 0 Å². The molecule has 9 heteroatoms. The molecule has 3 rings (SSSR count). The highest BCUT2D eigenvalue weighted by atomic mass is 79.9. The number of aromatic nitrogens is 2. The Morgan fingerprint density at radius 1 is 1.35 bits per heavy atom. The molecule has 2 aromatic rings. The van der Waals surface area contributed by atoms with Gasteiger partial charge in [-0.15, -0.1) is 0 Å². The number of anilines is 1. The number of hydrogen-bond acceptors (Lipinski definition) is 5. The van der Waals surface area contributed by atoms with Crippen LogP contribution in [0.2, 0.25) is 10.3 Å². The van der Waals surface area contributed by atoms with Crippen molar-refractivity contribution in [3.05, 3.63) is 20.6 Å². The fourth-order valence-corrected chi connectivity index (χ4v) is 3.23. The Bertz CT molecular complexity index is 775. The lowest BCUT2D eigenvalue weighted by Crippen LogP contribution is -2.34. The highest BCUT2D eigenvalue weighted by Crippen LogP contribution is 2.45. The van der Waals surface area contributed by atoms with Gasteiger partial charge in [-0.3, -0.25) is 0 Å². The monoisotopic (exact) mass is 422 g/mol. The predicted octanol–water partition coefficient (Wildman–Crippen LogP) is 3.60. The van der Waals surface area contributed by atoms with E-state index in [0.717, 1.165) is 6.54 Å². The standard InChI is InChI=1S/C14H14BrCl2FN4O/c1-21(2)3-4-22-5-6-23-12-7-11(10(18)8(15)9(12)16)19-14(17)20-13(7)22/h3-6H2,1-2H3. The van der Waals surface area contributed by atoms with E-state index in [2.05, 4.69) is 30.8 Å². The van der Waals surface area contributed by atoms with Crippen molar-refractivity contribution in [2.45, 2.75) is 0 Å². The summed E-state index contributed by atoms with van der Waals surface area (Å²) in [7, 11) is 3.97. The minimum Gasteiger partial charge on any atom is -0.489 e. The number of nitrogens with zero attached hydrogens (tertiary/aromatic N) is 4. The Hall–Kier alpha value is -0.890. The van der Waals surface area contributed by atoms with Crippen molar-refractivity contribution < 1.29 is 9.13 Å². The fourth-order valence-electron chi connectivity index (χ4n) is 2.47. The van der Waals surface area contributed by atoms with E-state index < -0.39 is 5.82 Å². The molecule has 0 amide bonds. The van der Waals surface area contributed by atoms with Crippen molar-refractivity contribution in [1.82, 2.24) is 14.9 Å². The third-order valence-electron chi connectivity index (χ3n) is 3.61. The van der Waals surface area contributed by atoms with E-state index in [9.17, 15) is 4.39 Å². The van der Waals surface area contributed by atoms with E-state index in [4.69, 9.17) is 27.9 Å². The molecule has 2 heterocycles. The Balaban J connectivity index is 2.26. The van der Waals surface area contributed by atoms with Gasteiger partial charge in [0.1, 0.15) is 23.0 Å². The van der Waals surface area contributed by atoms with Gasteiger partial charge in [-0.1, -0.05) is 11.6 Å². The lowest BCUT2D eigenvalue weighted by Gasteiger charge is -2.24. The molecule has 124 valence electrons. The molecule has 23 heavy (non-hydrogen) atoms. The molecule has 0 unspecified atom stereocenters. The molecule has 0 N–H and O–H groups in total. The van der Waals surface area contributed by atoms with Crippen LogP contribution >= 0.6 is 39.1 Å². The Labute approximate surface area is 151 Å². The second kappa shape index (κ2) is 6.55. The summed E-state index contributed by atoms with van der Waals surface area (Å²) < 4.78 is 20.4. The quantitative estimate of drug-likeness (QED) is 0.557. The number of hydrogen-bond donors (Lipinski definition) is 0.